The van der Waals surface area contributed by atoms with Crippen LogP contribution in [0.1, 0.15) is 10.6 Å². The number of carbonyl (C=O) groups excluding carboxylic acids is 1. The largest absolute Gasteiger partial charge is 0.467 e. The van der Waals surface area contributed by atoms with Crippen molar-refractivity contribution < 1.29 is 9.21 Å². The predicted octanol–water partition coefficient (Wildman–Crippen LogP) is 2.62. The first-order valence-electron chi connectivity index (χ1n) is 7.30. The average Bonchev–Trinajstić information content (AvgIpc) is 3.20. The van der Waals surface area contributed by atoms with Gasteiger partial charge in [0.15, 0.2) is 5.96 Å². The maximum Gasteiger partial charge on any atom is 0.243 e. The molecule has 0 saturated carbocycles. The minimum Gasteiger partial charge on any atom is -0.467 e. The molecule has 0 aliphatic carbocycles. The molecule has 0 saturated heterocycles. The fraction of sp³-hybridized carbons (Fsp3) is 0.375. The second-order valence-electron chi connectivity index (χ2n) is 5.30. The van der Waals surface area contributed by atoms with Crippen LogP contribution in [0.5, 0.6) is 0 Å². The molecule has 24 heavy (non-hydrogen) atoms. The highest BCUT2D eigenvalue weighted by Crippen LogP contribution is 2.08. The first kappa shape index (κ1) is 20.5. The molecule has 1 amide bonds. The maximum atomic E-state index is 11.8. The van der Waals surface area contributed by atoms with Crippen molar-refractivity contribution >= 4 is 47.2 Å². The van der Waals surface area contributed by atoms with Gasteiger partial charge in [-0.05, 0) is 23.6 Å². The van der Waals surface area contributed by atoms with Crippen LogP contribution in [0, 0.1) is 0 Å². The van der Waals surface area contributed by atoms with Crippen LogP contribution in [0.15, 0.2) is 45.3 Å². The predicted molar refractivity (Wildman–Crippen MR) is 108 cm³/mol. The molecule has 0 radical (unpaired) electrons. The Labute approximate surface area is 163 Å². The number of hydrogen-bond acceptors (Lipinski definition) is 4. The molecule has 0 aliphatic rings. The summed E-state index contributed by atoms with van der Waals surface area (Å²) < 4.78 is 5.37. The van der Waals surface area contributed by atoms with Crippen LogP contribution in [0.4, 0.5) is 0 Å². The van der Waals surface area contributed by atoms with Crippen molar-refractivity contribution in [2.75, 3.05) is 27.7 Å². The lowest BCUT2D eigenvalue weighted by molar-refractivity contribution is -0.127. The van der Waals surface area contributed by atoms with Crippen molar-refractivity contribution in [1.29, 1.82) is 0 Å². The van der Waals surface area contributed by atoms with Crippen LogP contribution < -0.4 is 5.32 Å². The first-order valence-corrected chi connectivity index (χ1v) is 8.18. The minimum atomic E-state index is -0.0353. The van der Waals surface area contributed by atoms with Gasteiger partial charge in [-0.2, -0.15) is 0 Å². The molecule has 8 heteroatoms. The van der Waals surface area contributed by atoms with Crippen molar-refractivity contribution in [2.24, 2.45) is 4.99 Å². The number of likely N-dealkylation sites (N-methyl/N-ethyl adjacent to an activating group) is 1. The van der Waals surface area contributed by atoms with E-state index in [1.165, 1.54) is 9.78 Å². The van der Waals surface area contributed by atoms with E-state index in [1.54, 1.807) is 31.7 Å². The third-order valence-electron chi connectivity index (χ3n) is 3.20. The Kier molecular flexibility index (Phi) is 8.83. The highest BCUT2D eigenvalue weighted by atomic mass is 127. The summed E-state index contributed by atoms with van der Waals surface area (Å²) in [7, 11) is 5.37. The zero-order chi connectivity index (χ0) is 16.7. The van der Waals surface area contributed by atoms with E-state index < -0.39 is 0 Å². The Morgan fingerprint density at radius 1 is 1.29 bits per heavy atom. The molecule has 1 N–H and O–H groups in total. The van der Waals surface area contributed by atoms with Gasteiger partial charge in [-0.3, -0.25) is 4.79 Å². The summed E-state index contributed by atoms with van der Waals surface area (Å²) in [6.07, 6.45) is 1.65. The summed E-state index contributed by atoms with van der Waals surface area (Å²) >= 11 is 1.68. The van der Waals surface area contributed by atoms with E-state index in [0.717, 1.165) is 5.76 Å². The van der Waals surface area contributed by atoms with Crippen LogP contribution in [-0.4, -0.2) is 49.4 Å². The molecule has 0 atom stereocenters. The Balaban J connectivity index is 0.00000288. The average molecular weight is 462 g/mol. The van der Waals surface area contributed by atoms with Crippen LogP contribution in [0.3, 0.4) is 0 Å². The van der Waals surface area contributed by atoms with Crippen molar-refractivity contribution in [3.05, 3.63) is 46.5 Å². The Bertz CT molecular complexity index is 627. The molecular weight excluding hydrogens is 439 g/mol. The summed E-state index contributed by atoms with van der Waals surface area (Å²) in [5.74, 6) is 1.48. The van der Waals surface area contributed by atoms with E-state index in [1.807, 2.05) is 35.5 Å². The number of halogens is 1. The Hall–Kier alpha value is -1.55. The third kappa shape index (κ3) is 6.52. The monoisotopic (exact) mass is 462 g/mol. The molecule has 2 rings (SSSR count). The highest BCUT2D eigenvalue weighted by molar-refractivity contribution is 14.0. The molecule has 2 heterocycles. The Morgan fingerprint density at radius 2 is 2.08 bits per heavy atom. The molecule has 0 bridgehead atoms. The summed E-state index contributed by atoms with van der Waals surface area (Å²) in [6.45, 7) is 1.37. The lowest BCUT2D eigenvalue weighted by Crippen LogP contribution is -2.39. The van der Waals surface area contributed by atoms with Crippen LogP contribution in [-0.2, 0) is 17.9 Å². The molecule has 6 nitrogen and oxygen atoms in total. The van der Waals surface area contributed by atoms with Gasteiger partial charge in [-0.25, -0.2) is 4.99 Å². The van der Waals surface area contributed by atoms with Crippen LogP contribution in [0.2, 0.25) is 0 Å². The number of hydrogen-bond donors (Lipinski definition) is 1. The van der Waals surface area contributed by atoms with Crippen molar-refractivity contribution in [3.63, 3.8) is 0 Å². The fourth-order valence-electron chi connectivity index (χ4n) is 1.89. The molecule has 2 aromatic heterocycles. The summed E-state index contributed by atoms with van der Waals surface area (Å²) in [5.41, 5.74) is 0. The topological polar surface area (TPSA) is 61.1 Å². The lowest BCUT2D eigenvalue weighted by atomic mass is 10.4. The number of nitrogens with zero attached hydrogens (tertiary/aromatic N) is 3. The normalized spacial score (nSPS) is 10.9. The SMILES string of the molecule is CN(C)C(=O)CN=C(NCc1cccs1)N(C)Cc1ccco1.I. The van der Waals surface area contributed by atoms with Gasteiger partial charge in [0.25, 0.3) is 0 Å². The van der Waals surface area contributed by atoms with E-state index in [0.29, 0.717) is 19.0 Å². The first-order chi connectivity index (χ1) is 11.1. The van der Waals surface area contributed by atoms with E-state index >= 15 is 0 Å². The number of nitrogens with one attached hydrogen (secondary N) is 1. The molecule has 0 spiro atoms. The third-order valence-corrected chi connectivity index (χ3v) is 4.07. The molecule has 0 fully saturated rings. The van der Waals surface area contributed by atoms with Gasteiger partial charge in [0.05, 0.1) is 19.4 Å². The zero-order valence-electron chi connectivity index (χ0n) is 14.1. The van der Waals surface area contributed by atoms with Gasteiger partial charge < -0.3 is 19.5 Å². The zero-order valence-corrected chi connectivity index (χ0v) is 17.2. The van der Waals surface area contributed by atoms with Gasteiger partial charge in [0.2, 0.25) is 5.91 Å². The summed E-state index contributed by atoms with van der Waals surface area (Å²) in [5, 5.41) is 5.34. The van der Waals surface area contributed by atoms with E-state index in [-0.39, 0.29) is 36.4 Å². The smallest absolute Gasteiger partial charge is 0.243 e. The number of guanidine groups is 1. The number of furan rings is 1. The van der Waals surface area contributed by atoms with Crippen LogP contribution >= 0.6 is 35.3 Å². The number of carbonyl (C=O) groups is 1. The van der Waals surface area contributed by atoms with E-state index in [4.69, 9.17) is 4.42 Å². The highest BCUT2D eigenvalue weighted by Gasteiger charge is 2.11. The lowest BCUT2D eigenvalue weighted by Gasteiger charge is -2.21. The van der Waals surface area contributed by atoms with Gasteiger partial charge in [0, 0.05) is 26.0 Å². The summed E-state index contributed by atoms with van der Waals surface area (Å²) in [6, 6.07) is 7.85. The molecular formula is C16H23IN4O2S. The van der Waals surface area contributed by atoms with Gasteiger partial charge >= 0.3 is 0 Å². The van der Waals surface area contributed by atoms with E-state index in [2.05, 4.69) is 16.4 Å². The van der Waals surface area contributed by atoms with Crippen molar-refractivity contribution in [2.45, 2.75) is 13.1 Å². The fourth-order valence-corrected chi connectivity index (χ4v) is 2.53. The van der Waals surface area contributed by atoms with Crippen LogP contribution in [0.25, 0.3) is 0 Å². The molecule has 132 valence electrons. The Morgan fingerprint density at radius 3 is 2.67 bits per heavy atom. The van der Waals surface area contributed by atoms with Crippen molar-refractivity contribution in [1.82, 2.24) is 15.1 Å². The molecule has 0 unspecified atom stereocenters. The number of amides is 1. The molecule has 0 aromatic carbocycles. The second kappa shape index (κ2) is 10.3. The second-order valence-corrected chi connectivity index (χ2v) is 6.33. The van der Waals surface area contributed by atoms with E-state index in [9.17, 15) is 4.79 Å². The molecule has 2 aromatic rings. The van der Waals surface area contributed by atoms with Gasteiger partial charge in [-0.15, -0.1) is 35.3 Å². The quantitative estimate of drug-likeness (QED) is 0.408. The number of aliphatic imine (C=N–C) groups is 1. The van der Waals surface area contributed by atoms with Crippen molar-refractivity contribution in [3.8, 4) is 0 Å². The molecule has 0 aliphatic heterocycles. The van der Waals surface area contributed by atoms with Gasteiger partial charge in [-0.1, -0.05) is 6.07 Å². The number of thiophene rings is 1. The van der Waals surface area contributed by atoms with Gasteiger partial charge in [0.1, 0.15) is 12.3 Å². The maximum absolute atomic E-state index is 11.8. The number of rotatable bonds is 6. The standard InChI is InChI=1S/C16H22N4O2S.HI/c1-19(2)15(21)11-18-16(17-10-14-7-5-9-23-14)20(3)12-13-6-4-8-22-13;/h4-9H,10-12H2,1-3H3,(H,17,18);1H. The minimum absolute atomic E-state index is 0. The summed E-state index contributed by atoms with van der Waals surface area (Å²) in [4.78, 5) is 20.9.